The lowest BCUT2D eigenvalue weighted by atomic mass is 9.92. The number of carbonyl (C=O) groups excluding carboxylic acids is 1. The molecule has 1 N–H and O–H groups in total. The van der Waals surface area contributed by atoms with Crippen LogP contribution in [0.3, 0.4) is 0 Å². The highest BCUT2D eigenvalue weighted by molar-refractivity contribution is 5.81. The van der Waals surface area contributed by atoms with Gasteiger partial charge in [0, 0.05) is 42.9 Å². The van der Waals surface area contributed by atoms with Crippen LogP contribution < -0.4 is 5.56 Å². The Labute approximate surface area is 139 Å². The highest BCUT2D eigenvalue weighted by Crippen LogP contribution is 2.28. The number of aromatic nitrogens is 2. The molecule has 0 bridgehead atoms. The lowest BCUT2D eigenvalue weighted by Crippen LogP contribution is -2.43. The summed E-state index contributed by atoms with van der Waals surface area (Å²) in [7, 11) is 0. The first kappa shape index (κ1) is 15.3. The number of likely N-dealkylation sites (tertiary alicyclic amines) is 1. The molecule has 1 atom stereocenters. The van der Waals surface area contributed by atoms with Crippen LogP contribution in [-0.2, 0) is 9.53 Å². The largest absolute Gasteiger partial charge is 0.368 e. The zero-order valence-corrected chi connectivity index (χ0v) is 13.5. The standard InChI is InChI=1S/C18H21N3O3/c22-17-16-13(3-1-7-19-16)11-14(20-17)12-5-8-21(9-6-12)18(23)15-4-2-10-24-15/h1,3,7,11-12,15H,2,4-6,8-10H2,(H,20,22)/t15-/m0/s1. The number of hydrogen-bond acceptors (Lipinski definition) is 4. The molecule has 0 aliphatic carbocycles. The van der Waals surface area contributed by atoms with Gasteiger partial charge in [-0.05, 0) is 37.8 Å². The molecule has 0 radical (unpaired) electrons. The zero-order chi connectivity index (χ0) is 16.5. The average Bonchev–Trinajstić information content (AvgIpc) is 3.16. The maximum atomic E-state index is 12.4. The molecule has 2 aliphatic rings. The predicted octanol–water partition coefficient (Wildman–Crippen LogP) is 1.81. The van der Waals surface area contributed by atoms with Crippen LogP contribution in [0.15, 0.2) is 29.2 Å². The second-order valence-corrected chi connectivity index (χ2v) is 6.60. The monoisotopic (exact) mass is 327 g/mol. The number of rotatable bonds is 2. The smallest absolute Gasteiger partial charge is 0.274 e. The summed E-state index contributed by atoms with van der Waals surface area (Å²) in [6, 6.07) is 5.78. The van der Waals surface area contributed by atoms with Crippen LogP contribution in [0.25, 0.3) is 10.9 Å². The normalized spacial score (nSPS) is 22.2. The van der Waals surface area contributed by atoms with Crippen LogP contribution in [0.1, 0.15) is 37.3 Å². The van der Waals surface area contributed by atoms with Crippen molar-refractivity contribution in [1.29, 1.82) is 0 Å². The molecule has 6 nitrogen and oxygen atoms in total. The van der Waals surface area contributed by atoms with Crippen molar-refractivity contribution in [2.75, 3.05) is 19.7 Å². The molecule has 1 amide bonds. The molecule has 2 fully saturated rings. The van der Waals surface area contributed by atoms with E-state index in [0.717, 1.165) is 49.9 Å². The third-order valence-corrected chi connectivity index (χ3v) is 5.07. The summed E-state index contributed by atoms with van der Waals surface area (Å²) in [5.74, 6) is 0.401. The van der Waals surface area contributed by atoms with E-state index < -0.39 is 0 Å². The van der Waals surface area contributed by atoms with Gasteiger partial charge in [-0.2, -0.15) is 0 Å². The first-order valence-corrected chi connectivity index (χ1v) is 8.61. The zero-order valence-electron chi connectivity index (χ0n) is 13.5. The second-order valence-electron chi connectivity index (χ2n) is 6.60. The third kappa shape index (κ3) is 2.82. The molecule has 0 unspecified atom stereocenters. The van der Waals surface area contributed by atoms with Crippen molar-refractivity contribution in [3.63, 3.8) is 0 Å². The fourth-order valence-corrected chi connectivity index (χ4v) is 3.72. The third-order valence-electron chi connectivity index (χ3n) is 5.07. The van der Waals surface area contributed by atoms with Crippen LogP contribution in [0.5, 0.6) is 0 Å². The lowest BCUT2D eigenvalue weighted by Gasteiger charge is -2.33. The molecule has 2 saturated heterocycles. The molecule has 2 aromatic heterocycles. The van der Waals surface area contributed by atoms with E-state index in [1.165, 1.54) is 0 Å². The molecule has 126 valence electrons. The number of nitrogens with one attached hydrogen (secondary N) is 1. The number of piperidine rings is 1. The van der Waals surface area contributed by atoms with Crippen LogP contribution in [0.4, 0.5) is 0 Å². The quantitative estimate of drug-likeness (QED) is 0.913. The fourth-order valence-electron chi connectivity index (χ4n) is 3.72. The number of nitrogens with zero attached hydrogens (tertiary/aromatic N) is 2. The molecule has 4 heterocycles. The van der Waals surface area contributed by atoms with E-state index in [9.17, 15) is 9.59 Å². The summed E-state index contributed by atoms with van der Waals surface area (Å²) in [6.07, 6.45) is 4.92. The van der Waals surface area contributed by atoms with Gasteiger partial charge in [-0.25, -0.2) is 0 Å². The van der Waals surface area contributed by atoms with Crippen LogP contribution in [0, 0.1) is 0 Å². The van der Waals surface area contributed by atoms with Crippen LogP contribution >= 0.6 is 0 Å². The molecule has 2 aromatic rings. The van der Waals surface area contributed by atoms with Crippen molar-refractivity contribution in [3.05, 3.63) is 40.4 Å². The molecule has 0 saturated carbocycles. The van der Waals surface area contributed by atoms with Gasteiger partial charge in [-0.1, -0.05) is 6.07 Å². The van der Waals surface area contributed by atoms with Crippen molar-refractivity contribution in [1.82, 2.24) is 14.9 Å². The molecule has 0 spiro atoms. The van der Waals surface area contributed by atoms with Crippen molar-refractivity contribution < 1.29 is 9.53 Å². The highest BCUT2D eigenvalue weighted by atomic mass is 16.5. The van der Waals surface area contributed by atoms with Gasteiger partial charge in [0.2, 0.25) is 0 Å². The molecular weight excluding hydrogens is 306 g/mol. The van der Waals surface area contributed by atoms with E-state index in [1.807, 2.05) is 23.1 Å². The average molecular weight is 327 g/mol. The van der Waals surface area contributed by atoms with E-state index in [2.05, 4.69) is 9.97 Å². The minimum atomic E-state index is -0.242. The summed E-state index contributed by atoms with van der Waals surface area (Å²) < 4.78 is 5.50. The van der Waals surface area contributed by atoms with Crippen LogP contribution in [0.2, 0.25) is 0 Å². The Bertz CT molecular complexity index is 803. The summed E-state index contributed by atoms with van der Waals surface area (Å²) in [5, 5.41) is 0.870. The lowest BCUT2D eigenvalue weighted by molar-refractivity contribution is -0.142. The number of amides is 1. The fraction of sp³-hybridized carbons (Fsp3) is 0.500. The molecule has 2 aliphatic heterocycles. The Kier molecular flexibility index (Phi) is 4.06. The van der Waals surface area contributed by atoms with Gasteiger partial charge >= 0.3 is 0 Å². The summed E-state index contributed by atoms with van der Waals surface area (Å²) >= 11 is 0. The van der Waals surface area contributed by atoms with Gasteiger partial charge in [0.15, 0.2) is 0 Å². The summed E-state index contributed by atoms with van der Waals surface area (Å²) in [4.78, 5) is 33.6. The van der Waals surface area contributed by atoms with Gasteiger partial charge in [0.25, 0.3) is 11.5 Å². The van der Waals surface area contributed by atoms with E-state index in [0.29, 0.717) is 12.1 Å². The van der Waals surface area contributed by atoms with Gasteiger partial charge in [-0.3, -0.25) is 14.6 Å². The molecule has 0 aromatic carbocycles. The maximum Gasteiger partial charge on any atom is 0.274 e. The minimum absolute atomic E-state index is 0.127. The van der Waals surface area contributed by atoms with E-state index in [-0.39, 0.29) is 23.5 Å². The van der Waals surface area contributed by atoms with Crippen molar-refractivity contribution in [2.24, 2.45) is 0 Å². The number of aromatic amines is 1. The molecule has 6 heteroatoms. The van der Waals surface area contributed by atoms with Gasteiger partial charge in [-0.15, -0.1) is 0 Å². The number of carbonyl (C=O) groups is 1. The number of ether oxygens (including phenoxy) is 1. The van der Waals surface area contributed by atoms with E-state index in [1.54, 1.807) is 6.20 Å². The first-order valence-electron chi connectivity index (χ1n) is 8.61. The van der Waals surface area contributed by atoms with Crippen molar-refractivity contribution in [2.45, 2.75) is 37.7 Å². The molecule has 24 heavy (non-hydrogen) atoms. The SMILES string of the molecule is O=C([C@@H]1CCCO1)N1CCC(c2cc3cccnc3c(=O)[nH]2)CC1. The van der Waals surface area contributed by atoms with Gasteiger partial charge in [0.05, 0.1) is 0 Å². The molecule has 4 rings (SSSR count). The van der Waals surface area contributed by atoms with Crippen molar-refractivity contribution >= 4 is 16.8 Å². The topological polar surface area (TPSA) is 75.3 Å². The Morgan fingerprint density at radius 1 is 1.29 bits per heavy atom. The predicted molar refractivity (Wildman–Crippen MR) is 89.9 cm³/mol. The van der Waals surface area contributed by atoms with Gasteiger partial charge < -0.3 is 14.6 Å². The van der Waals surface area contributed by atoms with Crippen molar-refractivity contribution in [3.8, 4) is 0 Å². The van der Waals surface area contributed by atoms with Gasteiger partial charge in [0.1, 0.15) is 11.6 Å². The Balaban J connectivity index is 1.48. The number of fused-ring (bicyclic) bond motifs is 1. The number of pyridine rings is 2. The maximum absolute atomic E-state index is 12.4. The number of hydrogen-bond donors (Lipinski definition) is 1. The molecular formula is C18H21N3O3. The Morgan fingerprint density at radius 3 is 2.88 bits per heavy atom. The second kappa shape index (κ2) is 6.36. The minimum Gasteiger partial charge on any atom is -0.368 e. The Hall–Kier alpha value is -2.21. The highest BCUT2D eigenvalue weighted by Gasteiger charge is 2.31. The van der Waals surface area contributed by atoms with E-state index >= 15 is 0 Å². The van der Waals surface area contributed by atoms with E-state index in [4.69, 9.17) is 4.74 Å². The summed E-state index contributed by atoms with van der Waals surface area (Å²) in [6.45, 7) is 2.13. The summed E-state index contributed by atoms with van der Waals surface area (Å²) in [5.41, 5.74) is 1.29. The van der Waals surface area contributed by atoms with Crippen LogP contribution in [-0.4, -0.2) is 46.6 Å². The first-order chi connectivity index (χ1) is 11.7. The Morgan fingerprint density at radius 2 is 2.12 bits per heavy atom. The number of H-pyrrole nitrogens is 1.